The van der Waals surface area contributed by atoms with Gasteiger partial charge in [0.1, 0.15) is 5.82 Å². The Kier molecular flexibility index (Phi) is 11.3. The predicted octanol–water partition coefficient (Wildman–Crippen LogP) is 5.25. The Morgan fingerprint density at radius 3 is 2.37 bits per heavy atom. The van der Waals surface area contributed by atoms with Crippen molar-refractivity contribution in [2.45, 2.75) is 47.5 Å². The largest absolute Gasteiger partial charge is 0.338 e. The Bertz CT molecular complexity index is 946. The van der Waals surface area contributed by atoms with Gasteiger partial charge in [-0.1, -0.05) is 58.6 Å². The van der Waals surface area contributed by atoms with Crippen molar-refractivity contribution in [3.8, 4) is 11.4 Å². The van der Waals surface area contributed by atoms with Gasteiger partial charge in [-0.3, -0.25) is 0 Å². The lowest BCUT2D eigenvalue weighted by atomic mass is 10.2. The summed E-state index contributed by atoms with van der Waals surface area (Å²) in [6.07, 6.45) is 13.4. The number of anilines is 1. The van der Waals surface area contributed by atoms with Gasteiger partial charge in [0.2, 0.25) is 0 Å². The number of rotatable bonds is 5. The average Bonchev–Trinajstić information content (AvgIpc) is 3.22. The Hall–Kier alpha value is -3.34. The van der Waals surface area contributed by atoms with Crippen LogP contribution in [0.3, 0.4) is 0 Å². The first-order chi connectivity index (χ1) is 14.7. The van der Waals surface area contributed by atoms with E-state index in [0.29, 0.717) is 11.4 Å². The van der Waals surface area contributed by atoms with Crippen LogP contribution in [0.25, 0.3) is 23.5 Å². The number of fused-ring (bicyclic) bond motifs is 1. The van der Waals surface area contributed by atoms with Crippen molar-refractivity contribution in [2.75, 3.05) is 5.32 Å². The molecule has 30 heavy (non-hydrogen) atoms. The van der Waals surface area contributed by atoms with Gasteiger partial charge in [-0.2, -0.15) is 0 Å². The SMILES string of the molecule is C=C/C=C(\C=C/C)NC(=O)Nc1ccc(-c2nc3c([nH]2)=CCCC=3)cc1.CC.CC. The number of nitrogens with zero attached hydrogens (tertiary/aromatic N) is 1. The van der Waals surface area contributed by atoms with Crippen molar-refractivity contribution in [3.63, 3.8) is 0 Å². The lowest BCUT2D eigenvalue weighted by molar-refractivity contribution is 0.254. The highest BCUT2D eigenvalue weighted by Crippen LogP contribution is 2.16. The van der Waals surface area contributed by atoms with E-state index in [0.717, 1.165) is 34.9 Å². The summed E-state index contributed by atoms with van der Waals surface area (Å²) in [4.78, 5) is 20.1. The minimum absolute atomic E-state index is 0.304. The van der Waals surface area contributed by atoms with Crippen LogP contribution in [0.5, 0.6) is 0 Å². The zero-order valence-corrected chi connectivity index (χ0v) is 18.8. The normalized spacial score (nSPS) is 12.1. The number of allylic oxidation sites excluding steroid dienone is 4. The molecule has 1 aliphatic carbocycles. The number of amides is 2. The second kappa shape index (κ2) is 13.8. The topological polar surface area (TPSA) is 69.8 Å². The van der Waals surface area contributed by atoms with Crippen LogP contribution in [0.1, 0.15) is 47.5 Å². The summed E-state index contributed by atoms with van der Waals surface area (Å²) in [6, 6.07) is 7.28. The fraction of sp³-hybridized carbons (Fsp3) is 0.280. The lowest BCUT2D eigenvalue weighted by Crippen LogP contribution is -2.27. The van der Waals surface area contributed by atoms with Gasteiger partial charge < -0.3 is 15.6 Å². The van der Waals surface area contributed by atoms with E-state index < -0.39 is 0 Å². The Balaban J connectivity index is 0.00000106. The highest BCUT2D eigenvalue weighted by molar-refractivity contribution is 5.91. The summed E-state index contributed by atoms with van der Waals surface area (Å²) >= 11 is 0. The number of H-pyrrole nitrogens is 1. The van der Waals surface area contributed by atoms with Crippen LogP contribution >= 0.6 is 0 Å². The van der Waals surface area contributed by atoms with Crippen molar-refractivity contribution in [2.24, 2.45) is 0 Å². The van der Waals surface area contributed by atoms with E-state index in [-0.39, 0.29) is 6.03 Å². The highest BCUT2D eigenvalue weighted by atomic mass is 16.2. The summed E-state index contributed by atoms with van der Waals surface area (Å²) in [6.45, 7) is 13.5. The maximum Gasteiger partial charge on any atom is 0.323 e. The van der Waals surface area contributed by atoms with Gasteiger partial charge in [-0.05, 0) is 56.2 Å². The molecule has 1 aliphatic rings. The van der Waals surface area contributed by atoms with E-state index in [1.165, 1.54) is 0 Å². The number of carbonyl (C=O) groups excluding carboxylic acids is 1. The first-order valence-corrected chi connectivity index (χ1v) is 10.6. The molecule has 1 heterocycles. The van der Waals surface area contributed by atoms with E-state index in [9.17, 15) is 4.79 Å². The molecule has 1 aromatic carbocycles. The van der Waals surface area contributed by atoms with E-state index >= 15 is 0 Å². The molecule has 160 valence electrons. The molecule has 3 rings (SSSR count). The Morgan fingerprint density at radius 2 is 1.77 bits per heavy atom. The molecule has 2 amide bonds. The van der Waals surface area contributed by atoms with Gasteiger partial charge in [0.25, 0.3) is 0 Å². The quantitative estimate of drug-likeness (QED) is 0.594. The molecular formula is C25H34N4O. The molecule has 0 unspecified atom stereocenters. The molecule has 5 nitrogen and oxygen atoms in total. The van der Waals surface area contributed by atoms with Crippen molar-refractivity contribution < 1.29 is 4.79 Å². The average molecular weight is 407 g/mol. The van der Waals surface area contributed by atoms with Crippen molar-refractivity contribution in [3.05, 3.63) is 71.5 Å². The van der Waals surface area contributed by atoms with Crippen LogP contribution < -0.4 is 21.3 Å². The monoisotopic (exact) mass is 406 g/mol. The number of hydrogen-bond donors (Lipinski definition) is 3. The summed E-state index contributed by atoms with van der Waals surface area (Å²) in [5, 5.41) is 7.68. The number of imidazole rings is 1. The van der Waals surface area contributed by atoms with E-state index in [4.69, 9.17) is 0 Å². The molecule has 0 saturated carbocycles. The third-order valence-electron chi connectivity index (χ3n) is 3.93. The zero-order valence-electron chi connectivity index (χ0n) is 18.8. The predicted molar refractivity (Wildman–Crippen MR) is 129 cm³/mol. The molecule has 0 radical (unpaired) electrons. The van der Waals surface area contributed by atoms with Crippen molar-refractivity contribution in [1.29, 1.82) is 0 Å². The number of urea groups is 1. The molecule has 5 heteroatoms. The number of hydrogen-bond acceptors (Lipinski definition) is 2. The zero-order chi connectivity index (χ0) is 22.4. The van der Waals surface area contributed by atoms with Crippen molar-refractivity contribution in [1.82, 2.24) is 15.3 Å². The van der Waals surface area contributed by atoms with Crippen LogP contribution in [-0.4, -0.2) is 16.0 Å². The maximum atomic E-state index is 12.1. The van der Waals surface area contributed by atoms with Gasteiger partial charge in [-0.25, -0.2) is 9.78 Å². The van der Waals surface area contributed by atoms with Crippen LogP contribution in [0.2, 0.25) is 0 Å². The third kappa shape index (κ3) is 7.24. The summed E-state index contributed by atoms with van der Waals surface area (Å²) in [5.41, 5.74) is 2.36. The van der Waals surface area contributed by atoms with Gasteiger partial charge in [0.05, 0.1) is 10.7 Å². The molecule has 0 atom stereocenters. The van der Waals surface area contributed by atoms with E-state index in [1.807, 2.05) is 65.0 Å². The fourth-order valence-electron chi connectivity index (χ4n) is 2.75. The Morgan fingerprint density at radius 1 is 1.10 bits per heavy atom. The van der Waals surface area contributed by atoms with E-state index in [1.54, 1.807) is 18.2 Å². The minimum atomic E-state index is -0.304. The van der Waals surface area contributed by atoms with Gasteiger partial charge in [0, 0.05) is 16.9 Å². The molecular weight excluding hydrogens is 372 g/mol. The first kappa shape index (κ1) is 24.7. The van der Waals surface area contributed by atoms with Crippen molar-refractivity contribution >= 4 is 23.9 Å². The molecule has 0 aliphatic heterocycles. The van der Waals surface area contributed by atoms with Crippen LogP contribution in [0.15, 0.2) is 60.8 Å². The highest BCUT2D eigenvalue weighted by Gasteiger charge is 2.06. The standard InChI is InChI=1S/C21H22N4O.2C2H6/c1-3-7-16(8-4-2)22-21(26)23-17-13-11-15(12-14-17)20-24-18-9-5-6-10-19(18)25-20;2*1-2/h3-4,7-14H,1,5-6H2,2H3,(H,24,25)(H2,22,23,26);2*1-2H3/b8-4-,16-7+;;. The molecule has 0 bridgehead atoms. The number of carbonyl (C=O) groups is 1. The number of benzene rings is 1. The number of aromatic amines is 1. The molecule has 2 aromatic rings. The summed E-state index contributed by atoms with van der Waals surface area (Å²) < 4.78 is 0. The number of aromatic nitrogens is 2. The van der Waals surface area contributed by atoms with Crippen LogP contribution in [-0.2, 0) is 0 Å². The minimum Gasteiger partial charge on any atom is -0.338 e. The molecule has 1 aromatic heterocycles. The van der Waals surface area contributed by atoms with E-state index in [2.05, 4.69) is 39.3 Å². The summed E-state index contributed by atoms with van der Waals surface area (Å²) in [5.74, 6) is 0.838. The fourth-order valence-corrected chi connectivity index (χ4v) is 2.75. The Labute approximate surface area is 180 Å². The van der Waals surface area contributed by atoms with Gasteiger partial charge in [0.15, 0.2) is 0 Å². The maximum absolute atomic E-state index is 12.1. The molecule has 0 fully saturated rings. The van der Waals surface area contributed by atoms with Gasteiger partial charge >= 0.3 is 6.03 Å². The summed E-state index contributed by atoms with van der Waals surface area (Å²) in [7, 11) is 0. The smallest absolute Gasteiger partial charge is 0.323 e. The van der Waals surface area contributed by atoms with Crippen LogP contribution in [0, 0.1) is 0 Å². The number of nitrogens with one attached hydrogen (secondary N) is 3. The molecule has 0 spiro atoms. The lowest BCUT2D eigenvalue weighted by Gasteiger charge is -2.08. The third-order valence-corrected chi connectivity index (χ3v) is 3.93. The van der Waals surface area contributed by atoms with Gasteiger partial charge in [-0.15, -0.1) is 0 Å². The second-order valence-corrected chi connectivity index (χ2v) is 5.88. The second-order valence-electron chi connectivity index (χ2n) is 5.88. The first-order valence-electron chi connectivity index (χ1n) is 10.6. The molecule has 0 saturated heterocycles. The molecule has 3 N–H and O–H groups in total. The van der Waals surface area contributed by atoms with Crippen LogP contribution in [0.4, 0.5) is 10.5 Å².